The van der Waals surface area contributed by atoms with Crippen LogP contribution in [0, 0.1) is 12.3 Å². The van der Waals surface area contributed by atoms with Crippen molar-refractivity contribution in [3.8, 4) is 12.3 Å². The molecule has 1 aliphatic rings. The van der Waals surface area contributed by atoms with Crippen LogP contribution in [-0.2, 0) is 9.47 Å². The Labute approximate surface area is 67.2 Å². The molecule has 1 heterocycles. The summed E-state index contributed by atoms with van der Waals surface area (Å²) in [6, 6.07) is 0. The van der Waals surface area contributed by atoms with Gasteiger partial charge in [0.1, 0.15) is 11.4 Å². The summed E-state index contributed by atoms with van der Waals surface area (Å²) in [5.41, 5.74) is -0.299. The van der Waals surface area contributed by atoms with E-state index in [1.54, 1.807) is 6.08 Å². The monoisotopic (exact) mass is 152 g/mol. The Balaban J connectivity index is 2.82. The van der Waals surface area contributed by atoms with Crippen LogP contribution in [0.1, 0.15) is 20.3 Å². The molecule has 1 fully saturated rings. The lowest BCUT2D eigenvalue weighted by atomic mass is 10.0. The van der Waals surface area contributed by atoms with Crippen LogP contribution in [0.4, 0.5) is 0 Å². The highest BCUT2D eigenvalue weighted by atomic mass is 16.7. The minimum atomic E-state index is -0.299. The fraction of sp³-hybridized carbons (Fsp3) is 0.556. The van der Waals surface area contributed by atoms with Crippen LogP contribution in [0.2, 0.25) is 0 Å². The van der Waals surface area contributed by atoms with Gasteiger partial charge in [-0.15, -0.1) is 6.42 Å². The standard InChI is InChI=1S/C9H12O2/c1-4-6-8-9(3,5-2)11-7-10-8/h1,6H,5,7H2,2-3H3/b8-6+. The molecule has 1 unspecified atom stereocenters. The molecule has 1 rings (SSSR count). The van der Waals surface area contributed by atoms with Gasteiger partial charge in [0.25, 0.3) is 0 Å². The van der Waals surface area contributed by atoms with E-state index in [0.717, 1.165) is 12.2 Å². The highest BCUT2D eigenvalue weighted by molar-refractivity contribution is 5.21. The molecule has 0 spiro atoms. The molecule has 0 saturated carbocycles. The van der Waals surface area contributed by atoms with Crippen LogP contribution in [-0.4, -0.2) is 12.4 Å². The number of ether oxygens (including phenoxy) is 2. The van der Waals surface area contributed by atoms with Crippen LogP contribution < -0.4 is 0 Å². The second-order valence-electron chi connectivity index (χ2n) is 2.67. The smallest absolute Gasteiger partial charge is 0.189 e. The molecule has 0 aromatic carbocycles. The van der Waals surface area contributed by atoms with Crippen molar-refractivity contribution in [3.05, 3.63) is 11.8 Å². The van der Waals surface area contributed by atoms with Crippen molar-refractivity contribution in [2.75, 3.05) is 6.79 Å². The van der Waals surface area contributed by atoms with Gasteiger partial charge < -0.3 is 9.47 Å². The number of allylic oxidation sites excluding steroid dienone is 1. The van der Waals surface area contributed by atoms with E-state index in [9.17, 15) is 0 Å². The molecule has 1 atom stereocenters. The van der Waals surface area contributed by atoms with E-state index >= 15 is 0 Å². The number of hydrogen-bond acceptors (Lipinski definition) is 2. The third kappa shape index (κ3) is 1.38. The van der Waals surface area contributed by atoms with Crippen molar-refractivity contribution in [2.45, 2.75) is 25.9 Å². The third-order valence-corrected chi connectivity index (χ3v) is 2.00. The van der Waals surface area contributed by atoms with Crippen LogP contribution in [0.25, 0.3) is 0 Å². The van der Waals surface area contributed by atoms with E-state index in [0.29, 0.717) is 6.79 Å². The van der Waals surface area contributed by atoms with Gasteiger partial charge in [-0.05, 0) is 13.3 Å². The molecule has 60 valence electrons. The summed E-state index contributed by atoms with van der Waals surface area (Å²) < 4.78 is 10.6. The Morgan fingerprint density at radius 1 is 1.82 bits per heavy atom. The first-order valence-corrected chi connectivity index (χ1v) is 3.66. The van der Waals surface area contributed by atoms with Gasteiger partial charge in [0.05, 0.1) is 0 Å². The van der Waals surface area contributed by atoms with Gasteiger partial charge in [0, 0.05) is 6.08 Å². The van der Waals surface area contributed by atoms with Crippen LogP contribution in [0.3, 0.4) is 0 Å². The predicted molar refractivity (Wildman–Crippen MR) is 42.6 cm³/mol. The molecule has 0 N–H and O–H groups in total. The lowest BCUT2D eigenvalue weighted by Gasteiger charge is -2.18. The summed E-state index contributed by atoms with van der Waals surface area (Å²) in [6.07, 6.45) is 7.62. The van der Waals surface area contributed by atoms with E-state index in [-0.39, 0.29) is 5.60 Å². The molecular weight excluding hydrogens is 140 g/mol. The zero-order valence-corrected chi connectivity index (χ0v) is 6.89. The molecule has 0 bridgehead atoms. The quantitative estimate of drug-likeness (QED) is 0.532. The lowest BCUT2D eigenvalue weighted by Crippen LogP contribution is -2.23. The Morgan fingerprint density at radius 2 is 2.55 bits per heavy atom. The average Bonchev–Trinajstić information content (AvgIpc) is 2.35. The summed E-state index contributed by atoms with van der Waals surface area (Å²) in [6.45, 7) is 4.33. The SMILES string of the molecule is C#C/C=C1/OCOC1(C)CC. The summed E-state index contributed by atoms with van der Waals surface area (Å²) in [5.74, 6) is 3.20. The zero-order chi connectivity index (χ0) is 8.32. The Kier molecular flexibility index (Phi) is 2.21. The van der Waals surface area contributed by atoms with Gasteiger partial charge in [-0.25, -0.2) is 0 Å². The third-order valence-electron chi connectivity index (χ3n) is 2.00. The molecule has 11 heavy (non-hydrogen) atoms. The first-order chi connectivity index (χ1) is 5.23. The molecule has 0 radical (unpaired) electrons. The minimum Gasteiger partial charge on any atom is -0.468 e. The molecule has 1 aliphatic heterocycles. The maximum Gasteiger partial charge on any atom is 0.189 e. The fourth-order valence-electron chi connectivity index (χ4n) is 0.993. The van der Waals surface area contributed by atoms with Gasteiger partial charge in [-0.2, -0.15) is 0 Å². The van der Waals surface area contributed by atoms with E-state index in [1.165, 1.54) is 0 Å². The van der Waals surface area contributed by atoms with Crippen molar-refractivity contribution >= 4 is 0 Å². The lowest BCUT2D eigenvalue weighted by molar-refractivity contribution is 0.000639. The van der Waals surface area contributed by atoms with Gasteiger partial charge in [0.15, 0.2) is 6.79 Å². The van der Waals surface area contributed by atoms with Crippen LogP contribution in [0.15, 0.2) is 11.8 Å². The molecule has 0 aliphatic carbocycles. The van der Waals surface area contributed by atoms with Crippen molar-refractivity contribution in [1.82, 2.24) is 0 Å². The second kappa shape index (κ2) is 2.98. The molecule has 0 aromatic rings. The van der Waals surface area contributed by atoms with Crippen molar-refractivity contribution in [3.63, 3.8) is 0 Å². The van der Waals surface area contributed by atoms with Crippen LogP contribution in [0.5, 0.6) is 0 Å². The summed E-state index contributed by atoms with van der Waals surface area (Å²) >= 11 is 0. The van der Waals surface area contributed by atoms with Gasteiger partial charge in [0.2, 0.25) is 0 Å². The first-order valence-electron chi connectivity index (χ1n) is 3.66. The normalized spacial score (nSPS) is 33.4. The van der Waals surface area contributed by atoms with E-state index < -0.39 is 0 Å². The molecule has 2 nitrogen and oxygen atoms in total. The van der Waals surface area contributed by atoms with E-state index in [1.807, 2.05) is 13.8 Å². The number of rotatable bonds is 1. The largest absolute Gasteiger partial charge is 0.468 e. The average molecular weight is 152 g/mol. The summed E-state index contributed by atoms with van der Waals surface area (Å²) in [4.78, 5) is 0. The van der Waals surface area contributed by atoms with Crippen molar-refractivity contribution < 1.29 is 9.47 Å². The molecule has 2 heteroatoms. The molecule has 0 aromatic heterocycles. The summed E-state index contributed by atoms with van der Waals surface area (Å²) in [7, 11) is 0. The van der Waals surface area contributed by atoms with Crippen molar-refractivity contribution in [1.29, 1.82) is 0 Å². The Hall–Kier alpha value is -0.940. The molecular formula is C9H12O2. The number of terminal acetylenes is 1. The van der Waals surface area contributed by atoms with E-state index in [4.69, 9.17) is 15.9 Å². The maximum atomic E-state index is 5.37. The highest BCUT2D eigenvalue weighted by Gasteiger charge is 2.34. The van der Waals surface area contributed by atoms with E-state index in [2.05, 4.69) is 5.92 Å². The predicted octanol–water partition coefficient (Wildman–Crippen LogP) is 1.68. The highest BCUT2D eigenvalue weighted by Crippen LogP contribution is 2.31. The zero-order valence-electron chi connectivity index (χ0n) is 6.89. The first kappa shape index (κ1) is 8.16. The Morgan fingerprint density at radius 3 is 3.09 bits per heavy atom. The topological polar surface area (TPSA) is 18.5 Å². The number of hydrogen-bond donors (Lipinski definition) is 0. The maximum absolute atomic E-state index is 5.37. The molecule has 1 saturated heterocycles. The van der Waals surface area contributed by atoms with Gasteiger partial charge >= 0.3 is 0 Å². The Bertz CT molecular complexity index is 212. The van der Waals surface area contributed by atoms with Crippen LogP contribution >= 0.6 is 0 Å². The molecule has 0 amide bonds. The van der Waals surface area contributed by atoms with Gasteiger partial charge in [-0.1, -0.05) is 12.8 Å². The minimum absolute atomic E-state index is 0.299. The van der Waals surface area contributed by atoms with Gasteiger partial charge in [-0.3, -0.25) is 0 Å². The second-order valence-corrected chi connectivity index (χ2v) is 2.67. The fourth-order valence-corrected chi connectivity index (χ4v) is 0.993. The summed E-state index contributed by atoms with van der Waals surface area (Å²) in [5, 5.41) is 0. The van der Waals surface area contributed by atoms with Crippen molar-refractivity contribution in [2.24, 2.45) is 0 Å².